The lowest BCUT2D eigenvalue weighted by molar-refractivity contribution is 0.0619. The van der Waals surface area contributed by atoms with Gasteiger partial charge in [-0.3, -0.25) is 4.79 Å². The summed E-state index contributed by atoms with van der Waals surface area (Å²) in [5.41, 5.74) is 1.88. The smallest absolute Gasteiger partial charge is 0.251 e. The van der Waals surface area contributed by atoms with Crippen LogP contribution in [0.4, 0.5) is 0 Å². The van der Waals surface area contributed by atoms with Gasteiger partial charge in [-0.1, -0.05) is 18.2 Å². The molecule has 0 aromatic heterocycles. The highest BCUT2D eigenvalue weighted by molar-refractivity contribution is 7.89. The third-order valence-corrected chi connectivity index (χ3v) is 6.02. The minimum atomic E-state index is -3.61. The van der Waals surface area contributed by atoms with Crippen LogP contribution in [0.3, 0.4) is 0 Å². The third kappa shape index (κ3) is 4.14. The van der Waals surface area contributed by atoms with Crippen LogP contribution in [0.2, 0.25) is 0 Å². The molecule has 144 valence electrons. The summed E-state index contributed by atoms with van der Waals surface area (Å²) in [7, 11) is -2.27. The Hall–Kier alpha value is -2.38. The van der Waals surface area contributed by atoms with E-state index in [-0.39, 0.29) is 16.8 Å². The third-order valence-electron chi connectivity index (χ3n) is 4.61. The molecule has 0 aliphatic carbocycles. The van der Waals surface area contributed by atoms with Gasteiger partial charge in [-0.05, 0) is 57.6 Å². The standard InChI is InChI=1S/C20H24N2O4S/c1-13-8-9-16-17(12-20(2,3)26-18(16)10-13)22-19(23)14-6-5-7-15(11-14)27(24,25)21-4/h5-11,17,21H,12H2,1-4H3,(H,22,23)/t17-/m0/s1. The average Bonchev–Trinajstić information content (AvgIpc) is 2.60. The van der Waals surface area contributed by atoms with E-state index in [0.29, 0.717) is 12.0 Å². The van der Waals surface area contributed by atoms with E-state index in [0.717, 1.165) is 16.9 Å². The van der Waals surface area contributed by atoms with Gasteiger partial charge in [-0.15, -0.1) is 0 Å². The second-order valence-corrected chi connectivity index (χ2v) is 9.26. The van der Waals surface area contributed by atoms with Crippen LogP contribution < -0.4 is 14.8 Å². The molecule has 3 rings (SSSR count). The van der Waals surface area contributed by atoms with Crippen molar-refractivity contribution in [2.24, 2.45) is 0 Å². The SMILES string of the molecule is CNS(=O)(=O)c1cccc(C(=O)N[C@H]2CC(C)(C)Oc3cc(C)ccc32)c1. The summed E-state index contributed by atoms with van der Waals surface area (Å²) in [5.74, 6) is 0.445. The Balaban J connectivity index is 1.90. The van der Waals surface area contributed by atoms with Gasteiger partial charge in [0.25, 0.3) is 5.91 Å². The number of benzene rings is 2. The maximum atomic E-state index is 12.8. The van der Waals surface area contributed by atoms with Gasteiger partial charge in [0.15, 0.2) is 0 Å². The van der Waals surface area contributed by atoms with E-state index < -0.39 is 15.6 Å². The fraction of sp³-hybridized carbons (Fsp3) is 0.350. The van der Waals surface area contributed by atoms with Gasteiger partial charge < -0.3 is 10.1 Å². The molecule has 1 aliphatic rings. The minimum absolute atomic E-state index is 0.0565. The molecule has 0 saturated heterocycles. The molecule has 0 fully saturated rings. The van der Waals surface area contributed by atoms with Crippen molar-refractivity contribution < 1.29 is 17.9 Å². The van der Waals surface area contributed by atoms with Crippen molar-refractivity contribution in [3.8, 4) is 5.75 Å². The first-order valence-electron chi connectivity index (χ1n) is 8.75. The number of carbonyl (C=O) groups is 1. The Morgan fingerprint density at radius 2 is 1.93 bits per heavy atom. The number of rotatable bonds is 4. The van der Waals surface area contributed by atoms with Crippen LogP contribution in [0, 0.1) is 6.92 Å². The number of ether oxygens (including phenoxy) is 1. The van der Waals surface area contributed by atoms with Crippen LogP contribution >= 0.6 is 0 Å². The number of hydrogen-bond donors (Lipinski definition) is 2. The Morgan fingerprint density at radius 3 is 2.63 bits per heavy atom. The van der Waals surface area contributed by atoms with Crippen LogP contribution in [0.15, 0.2) is 47.4 Å². The highest BCUT2D eigenvalue weighted by atomic mass is 32.2. The molecular weight excluding hydrogens is 364 g/mol. The number of nitrogens with one attached hydrogen (secondary N) is 2. The molecule has 0 saturated carbocycles. The van der Waals surface area contributed by atoms with Crippen LogP contribution in [-0.2, 0) is 10.0 Å². The fourth-order valence-electron chi connectivity index (χ4n) is 3.25. The normalized spacial score (nSPS) is 18.3. The first-order valence-corrected chi connectivity index (χ1v) is 10.2. The summed E-state index contributed by atoms with van der Waals surface area (Å²) in [6, 6.07) is 11.7. The predicted molar refractivity (Wildman–Crippen MR) is 103 cm³/mol. The minimum Gasteiger partial charge on any atom is -0.487 e. The zero-order valence-corrected chi connectivity index (χ0v) is 16.7. The topological polar surface area (TPSA) is 84.5 Å². The van der Waals surface area contributed by atoms with Crippen molar-refractivity contribution in [2.45, 2.75) is 43.7 Å². The van der Waals surface area contributed by atoms with Gasteiger partial charge in [0, 0.05) is 17.5 Å². The van der Waals surface area contributed by atoms with Crippen LogP contribution in [0.1, 0.15) is 47.8 Å². The van der Waals surface area contributed by atoms with Crippen molar-refractivity contribution in [1.29, 1.82) is 0 Å². The zero-order valence-electron chi connectivity index (χ0n) is 15.9. The molecule has 2 N–H and O–H groups in total. The average molecular weight is 388 g/mol. The molecule has 1 atom stereocenters. The second-order valence-electron chi connectivity index (χ2n) is 7.37. The van der Waals surface area contributed by atoms with Crippen molar-refractivity contribution >= 4 is 15.9 Å². The number of sulfonamides is 1. The van der Waals surface area contributed by atoms with Crippen molar-refractivity contribution in [3.63, 3.8) is 0 Å². The summed E-state index contributed by atoms with van der Waals surface area (Å²) in [5, 5.41) is 3.03. The van der Waals surface area contributed by atoms with E-state index in [4.69, 9.17) is 4.74 Å². The molecule has 0 radical (unpaired) electrons. The first kappa shape index (κ1) is 19.4. The fourth-order valence-corrected chi connectivity index (χ4v) is 4.03. The Morgan fingerprint density at radius 1 is 1.19 bits per heavy atom. The van der Waals surface area contributed by atoms with Gasteiger partial charge in [-0.25, -0.2) is 13.1 Å². The number of aryl methyl sites for hydroxylation is 1. The lowest BCUT2D eigenvalue weighted by Crippen LogP contribution is -2.41. The summed E-state index contributed by atoms with van der Waals surface area (Å²) < 4.78 is 32.3. The molecule has 1 heterocycles. The summed E-state index contributed by atoms with van der Waals surface area (Å²) >= 11 is 0. The lowest BCUT2D eigenvalue weighted by atomic mass is 9.89. The van der Waals surface area contributed by atoms with Crippen LogP contribution in [0.5, 0.6) is 5.75 Å². The maximum Gasteiger partial charge on any atom is 0.251 e. The van der Waals surface area contributed by atoms with Crippen LogP contribution in [-0.4, -0.2) is 27.0 Å². The Bertz CT molecular complexity index is 983. The molecule has 27 heavy (non-hydrogen) atoms. The maximum absolute atomic E-state index is 12.8. The molecular formula is C20H24N2O4S. The summed E-state index contributed by atoms with van der Waals surface area (Å²) in [4.78, 5) is 12.9. The molecule has 1 aliphatic heterocycles. The van der Waals surface area contributed by atoms with E-state index in [1.54, 1.807) is 12.1 Å². The van der Waals surface area contributed by atoms with E-state index in [1.165, 1.54) is 19.2 Å². The Labute approximate surface area is 160 Å². The quantitative estimate of drug-likeness (QED) is 0.843. The van der Waals surface area contributed by atoms with E-state index in [9.17, 15) is 13.2 Å². The molecule has 2 aromatic rings. The summed E-state index contributed by atoms with van der Waals surface area (Å²) in [6.07, 6.45) is 0.614. The number of fused-ring (bicyclic) bond motifs is 1. The largest absolute Gasteiger partial charge is 0.487 e. The van der Waals surface area contributed by atoms with Crippen LogP contribution in [0.25, 0.3) is 0 Å². The highest BCUT2D eigenvalue weighted by Gasteiger charge is 2.34. The molecule has 2 aromatic carbocycles. The number of carbonyl (C=O) groups excluding carboxylic acids is 1. The van der Waals surface area contributed by atoms with Gasteiger partial charge in [-0.2, -0.15) is 0 Å². The highest BCUT2D eigenvalue weighted by Crippen LogP contribution is 2.40. The lowest BCUT2D eigenvalue weighted by Gasteiger charge is -2.38. The van der Waals surface area contributed by atoms with E-state index >= 15 is 0 Å². The second kappa shape index (κ2) is 6.98. The molecule has 7 heteroatoms. The number of hydrogen-bond acceptors (Lipinski definition) is 4. The Kier molecular flexibility index (Phi) is 5.01. The summed E-state index contributed by atoms with van der Waals surface area (Å²) in [6.45, 7) is 5.96. The molecule has 6 nitrogen and oxygen atoms in total. The van der Waals surface area contributed by atoms with Gasteiger partial charge in [0.1, 0.15) is 11.4 Å². The molecule has 0 unspecified atom stereocenters. The van der Waals surface area contributed by atoms with Gasteiger partial charge >= 0.3 is 0 Å². The monoisotopic (exact) mass is 388 g/mol. The van der Waals surface area contributed by atoms with Gasteiger partial charge in [0.05, 0.1) is 10.9 Å². The van der Waals surface area contributed by atoms with Crippen molar-refractivity contribution in [2.75, 3.05) is 7.05 Å². The van der Waals surface area contributed by atoms with Crippen molar-refractivity contribution in [1.82, 2.24) is 10.0 Å². The van der Waals surface area contributed by atoms with Crippen molar-refractivity contribution in [3.05, 3.63) is 59.2 Å². The van der Waals surface area contributed by atoms with Gasteiger partial charge in [0.2, 0.25) is 10.0 Å². The molecule has 0 spiro atoms. The number of amides is 1. The molecule has 1 amide bonds. The zero-order chi connectivity index (χ0) is 19.8. The predicted octanol–water partition coefficient (Wildman–Crippen LogP) is 2.94. The van der Waals surface area contributed by atoms with E-state index in [2.05, 4.69) is 10.0 Å². The first-order chi connectivity index (χ1) is 12.6. The van der Waals surface area contributed by atoms with E-state index in [1.807, 2.05) is 39.0 Å². The molecule has 0 bridgehead atoms.